The first-order valence-corrected chi connectivity index (χ1v) is 18.6. The molecule has 0 aromatic heterocycles. The van der Waals surface area contributed by atoms with Crippen LogP contribution in [0.2, 0.25) is 0 Å². The van der Waals surface area contributed by atoms with E-state index in [0.717, 1.165) is 25.5 Å². The van der Waals surface area contributed by atoms with Crippen molar-refractivity contribution in [3.63, 3.8) is 0 Å². The van der Waals surface area contributed by atoms with Crippen molar-refractivity contribution in [3.05, 3.63) is 81.4 Å². The first-order valence-electron chi connectivity index (χ1n) is 17.6. The molecule has 0 unspecified atom stereocenters. The fraction of sp³-hybridized carbons (Fsp3) is 0.378. The van der Waals surface area contributed by atoms with Crippen LogP contribution in [0, 0.1) is 14.4 Å². The number of hydrogen-bond acceptors (Lipinski definition) is 7. The Bertz CT molecular complexity index is 1790. The third-order valence-corrected chi connectivity index (χ3v) is 9.20. The molecule has 0 spiro atoms. The van der Waals surface area contributed by atoms with Gasteiger partial charge in [0.05, 0.1) is 0 Å². The Labute approximate surface area is 328 Å². The van der Waals surface area contributed by atoms with Gasteiger partial charge in [-0.3, -0.25) is 34.8 Å². The molecular formula is C37H50IN11O5. The average molecular weight is 856 g/mol. The molecule has 0 bridgehead atoms. The van der Waals surface area contributed by atoms with E-state index in [4.69, 9.17) is 28.0 Å². The van der Waals surface area contributed by atoms with Gasteiger partial charge < -0.3 is 49.1 Å². The SMILES string of the molecule is CC(=O)N[C@@H](CCCNC(=N)N)C(=O)N[C@@H](CCCNC(=N)N)C(=O)N[C@H](CCc1ccc(I)cc1)C(=O)N[C@H](Cc1ccc2ccccc2c1)C(N)=O. The van der Waals surface area contributed by atoms with Crippen molar-refractivity contribution >= 4 is 74.8 Å². The van der Waals surface area contributed by atoms with Gasteiger partial charge in [0.15, 0.2) is 11.9 Å². The molecule has 14 N–H and O–H groups in total. The van der Waals surface area contributed by atoms with Gasteiger partial charge in [-0.2, -0.15) is 0 Å². The fourth-order valence-corrected chi connectivity index (χ4v) is 6.07. The van der Waals surface area contributed by atoms with Crippen molar-refractivity contribution in [2.45, 2.75) is 76.0 Å². The number of carbonyl (C=O) groups is 5. The molecule has 0 fully saturated rings. The summed E-state index contributed by atoms with van der Waals surface area (Å²) < 4.78 is 1.03. The van der Waals surface area contributed by atoms with Crippen LogP contribution in [-0.4, -0.2) is 78.7 Å². The van der Waals surface area contributed by atoms with E-state index in [1.807, 2.05) is 66.7 Å². The number of benzene rings is 3. The quantitative estimate of drug-likeness (QED) is 0.0309. The Morgan fingerprint density at radius 1 is 0.630 bits per heavy atom. The third-order valence-electron chi connectivity index (χ3n) is 8.48. The fourth-order valence-electron chi connectivity index (χ4n) is 5.71. The molecule has 0 saturated carbocycles. The number of fused-ring (bicyclic) bond motifs is 1. The standard InChI is InChI=1S/C37H50IN11O5/c1-22(50)46-28(8-4-18-44-36(40)41)33(52)47-29(9-5-19-45-37(42)43)34(53)48-30(17-13-23-11-15-27(38)16-12-23)35(54)49-31(32(39)51)21-24-10-14-25-6-2-3-7-26(25)20-24/h2-3,6-7,10-12,14-16,20,28-31H,4-5,8-9,13,17-19,21H2,1H3,(H2,39,51)(H,46,50)(H,47,52)(H,48,53)(H,49,54)(H4,40,41,44)(H4,42,43,45)/t28-,29-,30+,31+/m0/s1. The summed E-state index contributed by atoms with van der Waals surface area (Å²) in [6, 6.07) is 16.8. The van der Waals surface area contributed by atoms with Crippen molar-refractivity contribution in [2.75, 3.05) is 13.1 Å². The van der Waals surface area contributed by atoms with Gasteiger partial charge in [-0.1, -0.05) is 54.6 Å². The van der Waals surface area contributed by atoms with Crippen LogP contribution in [0.5, 0.6) is 0 Å². The monoisotopic (exact) mass is 855 g/mol. The highest BCUT2D eigenvalue weighted by Crippen LogP contribution is 2.17. The third kappa shape index (κ3) is 15.3. The van der Waals surface area contributed by atoms with Crippen LogP contribution < -0.4 is 49.1 Å². The molecule has 0 saturated heterocycles. The lowest BCUT2D eigenvalue weighted by Crippen LogP contribution is -2.58. The normalized spacial score (nSPS) is 13.0. The van der Waals surface area contributed by atoms with Crippen LogP contribution in [0.15, 0.2) is 66.7 Å². The first-order chi connectivity index (χ1) is 25.7. The Morgan fingerprint density at radius 2 is 1.11 bits per heavy atom. The van der Waals surface area contributed by atoms with Crippen LogP contribution >= 0.6 is 22.6 Å². The van der Waals surface area contributed by atoms with Crippen molar-refractivity contribution in [1.82, 2.24) is 31.9 Å². The molecule has 16 nitrogen and oxygen atoms in total. The molecule has 0 radical (unpaired) electrons. The first kappa shape index (κ1) is 42.9. The summed E-state index contributed by atoms with van der Waals surface area (Å²) >= 11 is 2.19. The van der Waals surface area contributed by atoms with Crippen molar-refractivity contribution in [3.8, 4) is 0 Å². The Morgan fingerprint density at radius 3 is 1.63 bits per heavy atom. The van der Waals surface area contributed by atoms with Crippen LogP contribution in [0.4, 0.5) is 0 Å². The van der Waals surface area contributed by atoms with E-state index < -0.39 is 53.7 Å². The highest BCUT2D eigenvalue weighted by atomic mass is 127. The smallest absolute Gasteiger partial charge is 0.243 e. The second-order valence-corrected chi connectivity index (χ2v) is 14.1. The van der Waals surface area contributed by atoms with E-state index in [9.17, 15) is 24.0 Å². The van der Waals surface area contributed by atoms with Crippen LogP contribution in [0.3, 0.4) is 0 Å². The molecule has 0 aliphatic carbocycles. The Kier molecular flexibility index (Phi) is 17.4. The molecule has 3 aromatic rings. The molecule has 0 aliphatic heterocycles. The molecule has 0 heterocycles. The molecule has 290 valence electrons. The van der Waals surface area contributed by atoms with Crippen LogP contribution in [-0.2, 0) is 36.8 Å². The topological polar surface area (TPSA) is 283 Å². The Hall–Kier alpha value is -5.46. The summed E-state index contributed by atoms with van der Waals surface area (Å²) in [5.41, 5.74) is 18.2. The van der Waals surface area contributed by atoms with E-state index in [1.54, 1.807) is 0 Å². The number of aryl methyl sites for hydroxylation is 1. The van der Waals surface area contributed by atoms with E-state index in [1.165, 1.54) is 6.92 Å². The van der Waals surface area contributed by atoms with Gasteiger partial charge in [-0.15, -0.1) is 0 Å². The highest BCUT2D eigenvalue weighted by Gasteiger charge is 2.31. The van der Waals surface area contributed by atoms with Crippen LogP contribution in [0.25, 0.3) is 10.8 Å². The maximum atomic E-state index is 14.0. The van der Waals surface area contributed by atoms with E-state index in [-0.39, 0.29) is 50.7 Å². The number of amides is 5. The predicted octanol–water partition coefficient (Wildman–Crippen LogP) is 0.591. The summed E-state index contributed by atoms with van der Waals surface area (Å²) in [4.78, 5) is 66.0. The summed E-state index contributed by atoms with van der Waals surface area (Å²) in [7, 11) is 0. The van der Waals surface area contributed by atoms with Gasteiger partial charge in [-0.05, 0) is 95.1 Å². The molecule has 54 heavy (non-hydrogen) atoms. The van der Waals surface area contributed by atoms with Gasteiger partial charge in [0.1, 0.15) is 24.2 Å². The number of guanidine groups is 2. The van der Waals surface area contributed by atoms with E-state index in [2.05, 4.69) is 54.5 Å². The molecule has 0 aliphatic rings. The van der Waals surface area contributed by atoms with Gasteiger partial charge in [0.25, 0.3) is 0 Å². The summed E-state index contributed by atoms with van der Waals surface area (Å²) in [5, 5.41) is 32.9. The lowest BCUT2D eigenvalue weighted by atomic mass is 10.00. The largest absolute Gasteiger partial charge is 0.370 e. The molecule has 5 amide bonds. The zero-order chi connectivity index (χ0) is 39.6. The minimum atomic E-state index is -1.16. The van der Waals surface area contributed by atoms with Gasteiger partial charge in [-0.25, -0.2) is 0 Å². The van der Waals surface area contributed by atoms with Crippen molar-refractivity contribution < 1.29 is 24.0 Å². The van der Waals surface area contributed by atoms with Crippen LogP contribution in [0.1, 0.15) is 50.2 Å². The van der Waals surface area contributed by atoms with Gasteiger partial charge >= 0.3 is 0 Å². The minimum Gasteiger partial charge on any atom is -0.370 e. The lowest BCUT2D eigenvalue weighted by molar-refractivity contribution is -0.134. The summed E-state index contributed by atoms with van der Waals surface area (Å²) in [6.07, 6.45) is 1.63. The van der Waals surface area contributed by atoms with Crippen molar-refractivity contribution in [2.24, 2.45) is 17.2 Å². The lowest BCUT2D eigenvalue weighted by Gasteiger charge is -2.26. The second kappa shape index (κ2) is 21.9. The molecular weight excluding hydrogens is 805 g/mol. The summed E-state index contributed by atoms with van der Waals surface area (Å²) in [6.45, 7) is 1.78. The van der Waals surface area contributed by atoms with Gasteiger partial charge in [0.2, 0.25) is 29.5 Å². The number of nitrogens with two attached hydrogens (primary N) is 3. The zero-order valence-corrected chi connectivity index (χ0v) is 32.3. The number of halogens is 1. The van der Waals surface area contributed by atoms with E-state index >= 15 is 0 Å². The summed E-state index contributed by atoms with van der Waals surface area (Å²) in [5.74, 6) is -3.62. The number of carbonyl (C=O) groups excluding carboxylic acids is 5. The molecule has 3 aromatic carbocycles. The van der Waals surface area contributed by atoms with Gasteiger partial charge in [0, 0.05) is 30.0 Å². The molecule has 17 heteroatoms. The number of primary amides is 1. The Balaban J connectivity index is 1.84. The molecule has 4 atom stereocenters. The zero-order valence-electron chi connectivity index (χ0n) is 30.2. The number of rotatable bonds is 21. The van der Waals surface area contributed by atoms with E-state index in [0.29, 0.717) is 19.3 Å². The average Bonchev–Trinajstić information content (AvgIpc) is 3.12. The highest BCUT2D eigenvalue weighted by molar-refractivity contribution is 14.1. The predicted molar refractivity (Wildman–Crippen MR) is 216 cm³/mol. The minimum absolute atomic E-state index is 0.0911. The maximum absolute atomic E-state index is 14.0. The maximum Gasteiger partial charge on any atom is 0.243 e. The van der Waals surface area contributed by atoms with Crippen molar-refractivity contribution in [1.29, 1.82) is 10.8 Å². The number of nitrogens with one attached hydrogen (secondary N) is 8. The number of hydrogen-bond donors (Lipinski definition) is 11. The second-order valence-electron chi connectivity index (χ2n) is 12.9. The molecule has 3 rings (SSSR count).